The Morgan fingerprint density at radius 2 is 1.96 bits per heavy atom. The van der Waals surface area contributed by atoms with E-state index in [4.69, 9.17) is 4.52 Å². The number of nitrogens with zero attached hydrogens (tertiary/aromatic N) is 1. The third-order valence-electron chi connectivity index (χ3n) is 4.63. The molecule has 1 heterocycles. The topological polar surface area (TPSA) is 55.1 Å². The first-order valence-electron chi connectivity index (χ1n) is 7.86. The second-order valence-corrected chi connectivity index (χ2v) is 6.21. The lowest BCUT2D eigenvalue weighted by Crippen LogP contribution is -2.15. The maximum absolute atomic E-state index is 12.5. The molecule has 3 aromatic rings. The summed E-state index contributed by atoms with van der Waals surface area (Å²) in [4.78, 5) is 12.5. The number of amides is 1. The van der Waals surface area contributed by atoms with Crippen LogP contribution in [0, 0.1) is 19.8 Å². The largest absolute Gasteiger partial charge is 0.359 e. The first-order valence-corrected chi connectivity index (χ1v) is 7.86. The third-order valence-corrected chi connectivity index (χ3v) is 4.63. The van der Waals surface area contributed by atoms with Crippen molar-refractivity contribution in [3.63, 3.8) is 0 Å². The van der Waals surface area contributed by atoms with Gasteiger partial charge in [-0.15, -0.1) is 0 Å². The van der Waals surface area contributed by atoms with Crippen LogP contribution in [0.5, 0.6) is 0 Å². The molecule has 0 radical (unpaired) electrons. The number of fused-ring (bicyclic) bond motifs is 1. The van der Waals surface area contributed by atoms with Gasteiger partial charge < -0.3 is 9.84 Å². The second-order valence-electron chi connectivity index (χ2n) is 6.21. The van der Waals surface area contributed by atoms with Gasteiger partial charge in [-0.05, 0) is 42.5 Å². The summed E-state index contributed by atoms with van der Waals surface area (Å²) in [5.74, 6) is 1.02. The summed E-state index contributed by atoms with van der Waals surface area (Å²) in [6, 6.07) is 14.6. The molecule has 1 aliphatic rings. The molecule has 1 aromatic heterocycles. The van der Waals surface area contributed by atoms with Crippen LogP contribution in [-0.2, 0) is 4.79 Å². The van der Waals surface area contributed by atoms with Crippen molar-refractivity contribution in [1.82, 2.24) is 5.16 Å². The van der Waals surface area contributed by atoms with Gasteiger partial charge in [-0.1, -0.05) is 47.6 Å². The number of rotatable bonds is 3. The van der Waals surface area contributed by atoms with E-state index >= 15 is 0 Å². The van der Waals surface area contributed by atoms with E-state index in [0.29, 0.717) is 17.4 Å². The summed E-state index contributed by atoms with van der Waals surface area (Å²) in [6.45, 7) is 3.64. The van der Waals surface area contributed by atoms with Crippen LogP contribution in [-0.4, -0.2) is 11.1 Å². The fourth-order valence-corrected chi connectivity index (χ4v) is 3.28. The zero-order chi connectivity index (χ0) is 16.0. The Morgan fingerprint density at radius 1 is 1.17 bits per heavy atom. The molecule has 0 aliphatic heterocycles. The second kappa shape index (κ2) is 5.23. The number of hydrogen-bond acceptors (Lipinski definition) is 3. The Morgan fingerprint density at radius 3 is 2.74 bits per heavy atom. The summed E-state index contributed by atoms with van der Waals surface area (Å²) in [5.41, 5.74) is 2.69. The van der Waals surface area contributed by atoms with Crippen LogP contribution in [0.4, 0.5) is 5.69 Å². The minimum Gasteiger partial charge on any atom is -0.359 e. The first-order chi connectivity index (χ1) is 11.1. The number of aromatic nitrogens is 1. The Hall–Kier alpha value is -2.62. The molecule has 1 aliphatic carbocycles. The molecule has 4 nitrogen and oxygen atoms in total. The number of benzene rings is 2. The van der Waals surface area contributed by atoms with Gasteiger partial charge in [-0.2, -0.15) is 0 Å². The molecule has 23 heavy (non-hydrogen) atoms. The molecule has 4 rings (SSSR count). The molecular formula is C19H18N2O2. The monoisotopic (exact) mass is 306 g/mol. The number of carbonyl (C=O) groups excluding carboxylic acids is 1. The van der Waals surface area contributed by atoms with Crippen LogP contribution in [0.2, 0.25) is 0 Å². The molecule has 1 fully saturated rings. The molecule has 0 spiro atoms. The lowest BCUT2D eigenvalue weighted by atomic mass is 10.00. The van der Waals surface area contributed by atoms with E-state index in [1.807, 2.05) is 26.0 Å². The van der Waals surface area contributed by atoms with Crippen LogP contribution in [0.15, 0.2) is 47.0 Å². The van der Waals surface area contributed by atoms with E-state index in [1.54, 1.807) is 0 Å². The van der Waals surface area contributed by atoms with Gasteiger partial charge in [0.05, 0.1) is 0 Å². The van der Waals surface area contributed by atoms with Gasteiger partial charge >= 0.3 is 0 Å². The molecule has 1 amide bonds. The summed E-state index contributed by atoms with van der Waals surface area (Å²) >= 11 is 0. The fraction of sp³-hybridized carbons (Fsp3) is 0.263. The van der Waals surface area contributed by atoms with Crippen molar-refractivity contribution < 1.29 is 9.32 Å². The van der Waals surface area contributed by atoms with Crippen LogP contribution >= 0.6 is 0 Å². The summed E-state index contributed by atoms with van der Waals surface area (Å²) in [7, 11) is 0. The number of anilines is 1. The van der Waals surface area contributed by atoms with Gasteiger partial charge in [0.25, 0.3) is 0 Å². The molecule has 1 saturated carbocycles. The summed E-state index contributed by atoms with van der Waals surface area (Å²) < 4.78 is 5.10. The third kappa shape index (κ3) is 2.40. The normalized spacial score (nSPS) is 19.7. The van der Waals surface area contributed by atoms with Gasteiger partial charge in [-0.3, -0.25) is 4.79 Å². The van der Waals surface area contributed by atoms with Gasteiger partial charge in [0.2, 0.25) is 5.91 Å². The Labute approximate surface area is 134 Å². The van der Waals surface area contributed by atoms with Crippen LogP contribution < -0.4 is 5.32 Å². The highest BCUT2D eigenvalue weighted by Gasteiger charge is 2.44. The molecule has 0 saturated heterocycles. The van der Waals surface area contributed by atoms with E-state index < -0.39 is 0 Å². The number of nitrogens with one attached hydrogen (secondary N) is 1. The van der Waals surface area contributed by atoms with Crippen molar-refractivity contribution in [1.29, 1.82) is 0 Å². The van der Waals surface area contributed by atoms with E-state index in [1.165, 1.54) is 16.3 Å². The Bertz CT molecular complexity index is 873. The zero-order valence-corrected chi connectivity index (χ0v) is 13.2. The maximum atomic E-state index is 12.5. The number of carbonyl (C=O) groups is 1. The Kier molecular flexibility index (Phi) is 3.18. The van der Waals surface area contributed by atoms with Crippen LogP contribution in [0.25, 0.3) is 10.8 Å². The zero-order valence-electron chi connectivity index (χ0n) is 13.2. The van der Waals surface area contributed by atoms with Crippen molar-refractivity contribution >= 4 is 22.4 Å². The average molecular weight is 306 g/mol. The molecule has 2 aromatic carbocycles. The van der Waals surface area contributed by atoms with Crippen LogP contribution in [0.3, 0.4) is 0 Å². The predicted molar refractivity (Wildman–Crippen MR) is 89.4 cm³/mol. The van der Waals surface area contributed by atoms with Crippen LogP contribution in [0.1, 0.15) is 29.4 Å². The highest BCUT2D eigenvalue weighted by molar-refractivity contribution is 5.97. The Balaban J connectivity index is 1.56. The number of aryl methyl sites for hydroxylation is 2. The highest BCUT2D eigenvalue weighted by Crippen LogP contribution is 2.50. The quantitative estimate of drug-likeness (QED) is 0.789. The molecule has 0 bridgehead atoms. The molecular weight excluding hydrogens is 288 g/mol. The highest BCUT2D eigenvalue weighted by atomic mass is 16.5. The van der Waals surface area contributed by atoms with Crippen molar-refractivity contribution in [3.05, 3.63) is 59.5 Å². The molecule has 2 atom stereocenters. The average Bonchev–Trinajstić information content (AvgIpc) is 3.31. The minimum absolute atomic E-state index is 0.0227. The lowest BCUT2D eigenvalue weighted by Gasteiger charge is -2.07. The summed E-state index contributed by atoms with van der Waals surface area (Å²) in [6.07, 6.45) is 0.892. The minimum atomic E-state index is 0.0227. The number of hydrogen-bond donors (Lipinski definition) is 1. The molecule has 116 valence electrons. The summed E-state index contributed by atoms with van der Waals surface area (Å²) in [5, 5.41) is 9.32. The van der Waals surface area contributed by atoms with Gasteiger partial charge in [0.15, 0.2) is 5.76 Å². The van der Waals surface area contributed by atoms with E-state index in [-0.39, 0.29) is 11.8 Å². The van der Waals surface area contributed by atoms with E-state index in [9.17, 15) is 4.79 Å². The lowest BCUT2D eigenvalue weighted by molar-refractivity contribution is -0.117. The van der Waals surface area contributed by atoms with E-state index in [2.05, 4.69) is 40.8 Å². The molecule has 1 N–H and O–H groups in total. The predicted octanol–water partition coefficient (Wildman–Crippen LogP) is 4.19. The SMILES string of the molecule is Cc1noc(C)c1NC(=O)[C@H]1C[C@H]1c1cccc2ccccc12. The van der Waals surface area contributed by atoms with Crippen molar-refractivity contribution in [2.45, 2.75) is 26.2 Å². The van der Waals surface area contributed by atoms with Crippen molar-refractivity contribution in [2.24, 2.45) is 5.92 Å². The van der Waals surface area contributed by atoms with Crippen molar-refractivity contribution in [2.75, 3.05) is 5.32 Å². The van der Waals surface area contributed by atoms with Gasteiger partial charge in [0.1, 0.15) is 11.4 Å². The van der Waals surface area contributed by atoms with Crippen molar-refractivity contribution in [3.8, 4) is 0 Å². The fourth-order valence-electron chi connectivity index (χ4n) is 3.28. The van der Waals surface area contributed by atoms with E-state index in [0.717, 1.165) is 12.1 Å². The molecule has 0 unspecified atom stereocenters. The standard InChI is InChI=1S/C19H18N2O2/c1-11-18(12(2)23-21-11)20-19(22)17-10-16(17)15-9-5-7-13-6-3-4-8-14(13)15/h3-9,16-17H,10H2,1-2H3,(H,20,22)/t16-,17-/m0/s1. The maximum Gasteiger partial charge on any atom is 0.228 e. The first kappa shape index (κ1) is 14.0. The smallest absolute Gasteiger partial charge is 0.228 e. The van der Waals surface area contributed by atoms with Gasteiger partial charge in [-0.25, -0.2) is 0 Å². The molecule has 4 heteroatoms. The van der Waals surface area contributed by atoms with Gasteiger partial charge in [0, 0.05) is 5.92 Å².